The molecule has 4 heteroatoms. The lowest BCUT2D eigenvalue weighted by Crippen LogP contribution is -2.28. The van der Waals surface area contributed by atoms with Gasteiger partial charge in [0.15, 0.2) is 0 Å². The van der Waals surface area contributed by atoms with Gasteiger partial charge in [0.2, 0.25) is 0 Å². The average molecular weight is 313 g/mol. The number of nitrogens with zero attached hydrogens (tertiary/aromatic N) is 2. The van der Waals surface area contributed by atoms with E-state index in [-0.39, 0.29) is 5.91 Å². The van der Waals surface area contributed by atoms with Crippen molar-refractivity contribution in [3.8, 4) is 5.69 Å². The zero-order valence-corrected chi connectivity index (χ0v) is 14.8. The molecule has 0 fully saturated rings. The largest absolute Gasteiger partial charge is 0.352 e. The van der Waals surface area contributed by atoms with E-state index in [2.05, 4.69) is 33.0 Å². The van der Waals surface area contributed by atoms with Crippen molar-refractivity contribution in [3.05, 3.63) is 47.3 Å². The van der Waals surface area contributed by atoms with Crippen molar-refractivity contribution in [3.63, 3.8) is 0 Å². The highest BCUT2D eigenvalue weighted by Gasteiger charge is 2.22. The predicted molar refractivity (Wildman–Crippen MR) is 94.0 cm³/mol. The number of hydrogen-bond donors (Lipinski definition) is 1. The van der Waals surface area contributed by atoms with Gasteiger partial charge in [-0.1, -0.05) is 45.9 Å². The van der Waals surface area contributed by atoms with Crippen molar-refractivity contribution in [2.45, 2.75) is 41.0 Å². The van der Waals surface area contributed by atoms with Crippen LogP contribution in [0.5, 0.6) is 0 Å². The van der Waals surface area contributed by atoms with Crippen molar-refractivity contribution in [1.82, 2.24) is 15.1 Å². The number of carbonyl (C=O) groups excluding carboxylic acids is 1. The van der Waals surface area contributed by atoms with Crippen LogP contribution in [0.25, 0.3) is 5.69 Å². The minimum atomic E-state index is -0.0194. The number of nitrogens with one attached hydrogen (secondary N) is 1. The van der Waals surface area contributed by atoms with Gasteiger partial charge in [-0.3, -0.25) is 4.79 Å². The summed E-state index contributed by atoms with van der Waals surface area (Å²) in [5.74, 6) is 0.858. The molecule has 0 atom stereocenters. The van der Waals surface area contributed by atoms with Crippen molar-refractivity contribution in [2.75, 3.05) is 6.54 Å². The lowest BCUT2D eigenvalue weighted by molar-refractivity contribution is 0.0947. The maximum atomic E-state index is 12.7. The van der Waals surface area contributed by atoms with Gasteiger partial charge in [-0.15, -0.1) is 0 Å². The topological polar surface area (TPSA) is 46.9 Å². The van der Waals surface area contributed by atoms with Crippen LogP contribution in [0.2, 0.25) is 0 Å². The fraction of sp³-hybridized carbons (Fsp3) is 0.474. The molecule has 0 unspecified atom stereocenters. The van der Waals surface area contributed by atoms with Crippen LogP contribution in [0, 0.1) is 18.8 Å². The molecule has 4 nitrogen and oxygen atoms in total. The third-order valence-corrected chi connectivity index (χ3v) is 3.69. The van der Waals surface area contributed by atoms with Gasteiger partial charge in [-0.25, -0.2) is 4.68 Å². The van der Waals surface area contributed by atoms with E-state index >= 15 is 0 Å². The van der Waals surface area contributed by atoms with Gasteiger partial charge in [0, 0.05) is 6.54 Å². The zero-order valence-electron chi connectivity index (χ0n) is 14.8. The molecule has 2 rings (SSSR count). The van der Waals surface area contributed by atoms with E-state index in [1.807, 2.05) is 41.9 Å². The monoisotopic (exact) mass is 313 g/mol. The fourth-order valence-electron chi connectivity index (χ4n) is 2.59. The molecule has 0 aliphatic rings. The van der Waals surface area contributed by atoms with Crippen molar-refractivity contribution >= 4 is 5.91 Å². The van der Waals surface area contributed by atoms with Crippen LogP contribution in [0.15, 0.2) is 30.3 Å². The molecule has 0 aliphatic heterocycles. The minimum absolute atomic E-state index is 0.0194. The Morgan fingerprint density at radius 3 is 2.35 bits per heavy atom. The number of hydrogen-bond acceptors (Lipinski definition) is 2. The molecule has 23 heavy (non-hydrogen) atoms. The van der Waals surface area contributed by atoms with Gasteiger partial charge in [0.05, 0.1) is 22.6 Å². The lowest BCUT2D eigenvalue weighted by atomic mass is 10.0. The standard InChI is InChI=1S/C19H27N3O/c1-13(2)11-17-18(19(23)20-12-14(3)4)15(5)22(21-17)16-9-7-6-8-10-16/h6-10,13-14H,11-12H2,1-5H3,(H,20,23). The molecule has 2 aromatic rings. The molecule has 0 radical (unpaired) electrons. The van der Waals surface area contributed by atoms with Crippen LogP contribution in [0.4, 0.5) is 0 Å². The Kier molecular flexibility index (Phi) is 5.59. The van der Waals surface area contributed by atoms with Crippen molar-refractivity contribution in [2.24, 2.45) is 11.8 Å². The summed E-state index contributed by atoms with van der Waals surface area (Å²) in [6.45, 7) is 11.1. The summed E-state index contributed by atoms with van der Waals surface area (Å²) in [7, 11) is 0. The van der Waals surface area contributed by atoms with E-state index in [0.717, 1.165) is 29.1 Å². The molecule has 0 bridgehead atoms. The summed E-state index contributed by atoms with van der Waals surface area (Å²) in [4.78, 5) is 12.7. The first-order valence-corrected chi connectivity index (χ1v) is 8.32. The molecule has 1 N–H and O–H groups in total. The molecule has 1 aromatic carbocycles. The van der Waals surface area contributed by atoms with Crippen LogP contribution in [0.3, 0.4) is 0 Å². The van der Waals surface area contributed by atoms with Crippen LogP contribution in [-0.4, -0.2) is 22.2 Å². The van der Waals surface area contributed by atoms with Gasteiger partial charge in [0.1, 0.15) is 0 Å². The second kappa shape index (κ2) is 7.44. The smallest absolute Gasteiger partial charge is 0.255 e. The number of para-hydroxylation sites is 1. The number of carbonyl (C=O) groups is 1. The van der Waals surface area contributed by atoms with Gasteiger partial charge >= 0.3 is 0 Å². The molecule has 0 aliphatic carbocycles. The first-order valence-electron chi connectivity index (χ1n) is 8.32. The summed E-state index contributed by atoms with van der Waals surface area (Å²) in [5, 5.41) is 7.75. The van der Waals surface area contributed by atoms with Crippen LogP contribution in [0.1, 0.15) is 49.4 Å². The fourth-order valence-corrected chi connectivity index (χ4v) is 2.59. The summed E-state index contributed by atoms with van der Waals surface area (Å²) in [6.07, 6.45) is 0.797. The van der Waals surface area contributed by atoms with E-state index in [9.17, 15) is 4.79 Å². The number of aromatic nitrogens is 2. The SMILES string of the molecule is Cc1c(C(=O)NCC(C)C)c(CC(C)C)nn1-c1ccccc1. The quantitative estimate of drug-likeness (QED) is 0.882. The molecule has 1 heterocycles. The number of rotatable bonds is 6. The number of benzene rings is 1. The summed E-state index contributed by atoms with van der Waals surface area (Å²) in [5.41, 5.74) is 3.48. The highest BCUT2D eigenvalue weighted by atomic mass is 16.1. The summed E-state index contributed by atoms with van der Waals surface area (Å²) < 4.78 is 1.88. The normalized spacial score (nSPS) is 11.3. The molecule has 1 amide bonds. The van der Waals surface area contributed by atoms with Crippen molar-refractivity contribution < 1.29 is 4.79 Å². The second-order valence-electron chi connectivity index (χ2n) is 6.86. The first kappa shape index (κ1) is 17.3. The van der Waals surface area contributed by atoms with Crippen LogP contribution < -0.4 is 5.32 Å². The predicted octanol–water partition coefficient (Wildman–Crippen LogP) is 3.77. The van der Waals surface area contributed by atoms with Gasteiger partial charge in [0.25, 0.3) is 5.91 Å². The van der Waals surface area contributed by atoms with Gasteiger partial charge in [-0.2, -0.15) is 5.10 Å². The Balaban J connectivity index is 2.42. The lowest BCUT2D eigenvalue weighted by Gasteiger charge is -2.09. The molecular formula is C19H27N3O. The maximum absolute atomic E-state index is 12.7. The number of amides is 1. The Bertz CT molecular complexity index is 657. The Hall–Kier alpha value is -2.10. The molecule has 0 saturated heterocycles. The Morgan fingerprint density at radius 2 is 1.78 bits per heavy atom. The molecular weight excluding hydrogens is 286 g/mol. The zero-order chi connectivity index (χ0) is 17.0. The Morgan fingerprint density at radius 1 is 1.13 bits per heavy atom. The molecule has 1 aromatic heterocycles. The van der Waals surface area contributed by atoms with Gasteiger partial charge in [-0.05, 0) is 37.3 Å². The van der Waals surface area contributed by atoms with E-state index in [1.165, 1.54) is 0 Å². The molecule has 0 spiro atoms. The van der Waals surface area contributed by atoms with Crippen LogP contribution in [-0.2, 0) is 6.42 Å². The van der Waals surface area contributed by atoms with E-state index in [4.69, 9.17) is 5.10 Å². The average Bonchev–Trinajstić information content (AvgIpc) is 2.81. The third-order valence-electron chi connectivity index (χ3n) is 3.69. The minimum Gasteiger partial charge on any atom is -0.352 e. The highest BCUT2D eigenvalue weighted by Crippen LogP contribution is 2.21. The maximum Gasteiger partial charge on any atom is 0.255 e. The molecule has 0 saturated carbocycles. The van der Waals surface area contributed by atoms with Gasteiger partial charge < -0.3 is 5.32 Å². The molecule has 124 valence electrons. The third kappa shape index (κ3) is 4.21. The summed E-state index contributed by atoms with van der Waals surface area (Å²) >= 11 is 0. The second-order valence-corrected chi connectivity index (χ2v) is 6.86. The van der Waals surface area contributed by atoms with Crippen LogP contribution >= 0.6 is 0 Å². The van der Waals surface area contributed by atoms with E-state index in [1.54, 1.807) is 0 Å². The van der Waals surface area contributed by atoms with Crippen molar-refractivity contribution in [1.29, 1.82) is 0 Å². The first-order chi connectivity index (χ1) is 10.9. The Labute approximate surface area is 138 Å². The highest BCUT2D eigenvalue weighted by molar-refractivity contribution is 5.96. The summed E-state index contributed by atoms with van der Waals surface area (Å²) in [6, 6.07) is 9.96. The van der Waals surface area contributed by atoms with E-state index in [0.29, 0.717) is 18.4 Å². The van der Waals surface area contributed by atoms with E-state index < -0.39 is 0 Å².